The van der Waals surface area contributed by atoms with Crippen molar-refractivity contribution in [1.29, 1.82) is 0 Å². The molecule has 0 radical (unpaired) electrons. The van der Waals surface area contributed by atoms with Crippen molar-refractivity contribution in [3.8, 4) is 0 Å². The van der Waals surface area contributed by atoms with Crippen molar-refractivity contribution in [2.75, 3.05) is 6.54 Å². The van der Waals surface area contributed by atoms with Crippen LogP contribution in [0.4, 0.5) is 0 Å². The zero-order chi connectivity index (χ0) is 14.8. The number of aliphatic hydroxyl groups excluding tert-OH is 1. The first kappa shape index (κ1) is 15.0. The van der Waals surface area contributed by atoms with Crippen LogP contribution < -0.4 is 5.32 Å². The van der Waals surface area contributed by atoms with Crippen molar-refractivity contribution in [3.05, 3.63) is 21.4 Å². The van der Waals surface area contributed by atoms with Gasteiger partial charge in [-0.25, -0.2) is 0 Å². The van der Waals surface area contributed by atoms with Crippen LogP contribution in [0.25, 0.3) is 0 Å². The van der Waals surface area contributed by atoms with Crippen LogP contribution in [0.3, 0.4) is 0 Å². The number of nitrogens with one attached hydrogen (secondary N) is 1. The molecular weight excluding hydrogens is 282 g/mol. The molecule has 0 aliphatic heterocycles. The average Bonchev–Trinajstić information content (AvgIpc) is 2.89. The molecule has 3 rings (SSSR count). The summed E-state index contributed by atoms with van der Waals surface area (Å²) in [6.45, 7) is 2.89. The first-order chi connectivity index (χ1) is 10.1. The minimum Gasteiger partial charge on any atom is -0.393 e. The van der Waals surface area contributed by atoms with Crippen molar-refractivity contribution in [3.63, 3.8) is 0 Å². The second-order valence-electron chi connectivity index (χ2n) is 6.73. The summed E-state index contributed by atoms with van der Waals surface area (Å²) in [4.78, 5) is 14.6. The van der Waals surface area contributed by atoms with Gasteiger partial charge in [-0.15, -0.1) is 11.3 Å². The largest absolute Gasteiger partial charge is 0.393 e. The maximum atomic E-state index is 12.3. The second kappa shape index (κ2) is 6.49. The molecule has 2 N–H and O–H groups in total. The summed E-state index contributed by atoms with van der Waals surface area (Å²) in [6.07, 6.45) is 7.42. The van der Waals surface area contributed by atoms with Gasteiger partial charge >= 0.3 is 0 Å². The number of hydrogen-bond donors (Lipinski definition) is 2. The summed E-state index contributed by atoms with van der Waals surface area (Å²) in [7, 11) is 0. The van der Waals surface area contributed by atoms with Gasteiger partial charge in [0, 0.05) is 17.3 Å². The molecule has 3 unspecified atom stereocenters. The maximum Gasteiger partial charge on any atom is 0.261 e. The van der Waals surface area contributed by atoms with Gasteiger partial charge in [0.2, 0.25) is 0 Å². The van der Waals surface area contributed by atoms with Crippen LogP contribution in [0.1, 0.15) is 59.1 Å². The van der Waals surface area contributed by atoms with Gasteiger partial charge in [-0.1, -0.05) is 19.8 Å². The van der Waals surface area contributed by atoms with Crippen molar-refractivity contribution in [2.24, 2.45) is 11.8 Å². The summed E-state index contributed by atoms with van der Waals surface area (Å²) in [6, 6.07) is 2.09. The number of carbonyl (C=O) groups is 1. The molecule has 0 bridgehead atoms. The molecule has 0 spiro atoms. The number of carbonyl (C=O) groups excluding carboxylic acids is 1. The van der Waals surface area contributed by atoms with E-state index in [1.807, 2.05) is 0 Å². The zero-order valence-electron chi connectivity index (χ0n) is 12.7. The van der Waals surface area contributed by atoms with Gasteiger partial charge in [0.25, 0.3) is 5.91 Å². The second-order valence-corrected chi connectivity index (χ2v) is 7.87. The summed E-state index contributed by atoms with van der Waals surface area (Å²) in [5.74, 6) is 1.01. The molecule has 1 aromatic heterocycles. The average molecular weight is 307 g/mol. The molecule has 1 amide bonds. The Kier molecular flexibility index (Phi) is 4.65. The predicted octanol–water partition coefficient (Wildman–Crippen LogP) is 3.15. The van der Waals surface area contributed by atoms with Crippen molar-refractivity contribution < 1.29 is 9.90 Å². The summed E-state index contributed by atoms with van der Waals surface area (Å²) in [5.41, 5.74) is 1.38. The quantitative estimate of drug-likeness (QED) is 0.901. The minimum absolute atomic E-state index is 0.0415. The highest BCUT2D eigenvalue weighted by atomic mass is 32.1. The van der Waals surface area contributed by atoms with Gasteiger partial charge in [0.1, 0.15) is 0 Å². The van der Waals surface area contributed by atoms with Crippen LogP contribution in [0.15, 0.2) is 6.07 Å². The number of amides is 1. The molecule has 116 valence electrons. The fourth-order valence-electron chi connectivity index (χ4n) is 3.55. The van der Waals surface area contributed by atoms with Crippen LogP contribution in [-0.2, 0) is 12.8 Å². The van der Waals surface area contributed by atoms with E-state index in [1.54, 1.807) is 11.3 Å². The van der Waals surface area contributed by atoms with Gasteiger partial charge in [-0.2, -0.15) is 0 Å². The minimum atomic E-state index is -0.239. The molecule has 1 aromatic rings. The Morgan fingerprint density at radius 2 is 2.19 bits per heavy atom. The summed E-state index contributed by atoms with van der Waals surface area (Å²) < 4.78 is 0. The third kappa shape index (κ3) is 3.49. The fourth-order valence-corrected chi connectivity index (χ4v) is 4.68. The fraction of sp³-hybridized carbons (Fsp3) is 0.706. The monoisotopic (exact) mass is 307 g/mol. The van der Waals surface area contributed by atoms with Gasteiger partial charge in [0.15, 0.2) is 0 Å². The lowest BCUT2D eigenvalue weighted by Crippen LogP contribution is -2.36. The lowest BCUT2D eigenvalue weighted by Gasteiger charge is -2.27. The summed E-state index contributed by atoms with van der Waals surface area (Å²) in [5, 5.41) is 13.0. The summed E-state index contributed by atoms with van der Waals surface area (Å²) >= 11 is 1.66. The first-order valence-corrected chi connectivity index (χ1v) is 9.03. The maximum absolute atomic E-state index is 12.3. The van der Waals surface area contributed by atoms with E-state index in [9.17, 15) is 9.90 Å². The number of thiophene rings is 1. The van der Waals surface area contributed by atoms with E-state index in [1.165, 1.54) is 23.3 Å². The highest BCUT2D eigenvalue weighted by molar-refractivity contribution is 7.14. The molecule has 3 nitrogen and oxygen atoms in total. The molecule has 3 atom stereocenters. The lowest BCUT2D eigenvalue weighted by molar-refractivity contribution is 0.0664. The molecule has 1 saturated carbocycles. The van der Waals surface area contributed by atoms with E-state index in [2.05, 4.69) is 18.3 Å². The van der Waals surface area contributed by atoms with E-state index < -0.39 is 0 Å². The highest BCUT2D eigenvalue weighted by Crippen LogP contribution is 2.32. The molecule has 1 heterocycles. The molecule has 1 fully saturated rings. The highest BCUT2D eigenvalue weighted by Gasteiger charge is 2.25. The van der Waals surface area contributed by atoms with Crippen molar-refractivity contribution in [2.45, 2.75) is 58.0 Å². The number of fused-ring (bicyclic) bond motifs is 1. The molecule has 21 heavy (non-hydrogen) atoms. The molecule has 4 heteroatoms. The van der Waals surface area contributed by atoms with Crippen LogP contribution >= 0.6 is 11.3 Å². The van der Waals surface area contributed by atoms with Gasteiger partial charge in [-0.3, -0.25) is 4.79 Å². The molecule has 0 aromatic carbocycles. The van der Waals surface area contributed by atoms with Crippen LogP contribution in [0.2, 0.25) is 0 Å². The van der Waals surface area contributed by atoms with Crippen molar-refractivity contribution in [1.82, 2.24) is 5.32 Å². The smallest absolute Gasteiger partial charge is 0.261 e. The standard InChI is InChI=1S/C17H25NO2S/c1-11-6-7-15-13(8-11)9-16(21-15)17(20)18-10-12-4-2-3-5-14(12)19/h9,11-12,14,19H,2-8,10H2,1H3,(H,18,20). The third-order valence-electron chi connectivity index (χ3n) is 4.95. The Balaban J connectivity index is 1.58. The van der Waals surface area contributed by atoms with E-state index in [-0.39, 0.29) is 17.9 Å². The lowest BCUT2D eigenvalue weighted by atomic mass is 9.86. The molecular formula is C17H25NO2S. The Hall–Kier alpha value is -0.870. The van der Waals surface area contributed by atoms with Crippen molar-refractivity contribution >= 4 is 17.2 Å². The predicted molar refractivity (Wildman–Crippen MR) is 85.8 cm³/mol. The zero-order valence-corrected chi connectivity index (χ0v) is 13.5. The van der Waals surface area contributed by atoms with Gasteiger partial charge in [-0.05, 0) is 49.7 Å². The number of aliphatic hydroxyl groups is 1. The number of rotatable bonds is 3. The Morgan fingerprint density at radius 3 is 3.00 bits per heavy atom. The Bertz CT molecular complexity index is 511. The van der Waals surface area contributed by atoms with Gasteiger partial charge in [0.05, 0.1) is 11.0 Å². The SMILES string of the molecule is CC1CCc2sc(C(=O)NCC3CCCCC3O)cc2C1. The number of aryl methyl sites for hydroxylation is 1. The first-order valence-electron chi connectivity index (χ1n) is 8.21. The van der Waals surface area contributed by atoms with E-state index >= 15 is 0 Å². The molecule has 2 aliphatic carbocycles. The van der Waals surface area contributed by atoms with E-state index in [0.29, 0.717) is 6.54 Å². The van der Waals surface area contributed by atoms with E-state index in [4.69, 9.17) is 0 Å². The van der Waals surface area contributed by atoms with Gasteiger partial charge < -0.3 is 10.4 Å². The Morgan fingerprint density at radius 1 is 1.38 bits per heavy atom. The third-order valence-corrected chi connectivity index (χ3v) is 6.18. The molecule has 2 aliphatic rings. The molecule has 0 saturated heterocycles. The number of hydrogen-bond acceptors (Lipinski definition) is 3. The van der Waals surface area contributed by atoms with E-state index in [0.717, 1.165) is 42.9 Å². The Labute approximate surface area is 130 Å². The van der Waals surface area contributed by atoms with Crippen LogP contribution in [0, 0.1) is 11.8 Å². The topological polar surface area (TPSA) is 49.3 Å². The normalized spacial score (nSPS) is 29.0. The van der Waals surface area contributed by atoms with Crippen LogP contribution in [0.5, 0.6) is 0 Å². The van der Waals surface area contributed by atoms with Crippen LogP contribution in [-0.4, -0.2) is 23.7 Å².